The summed E-state index contributed by atoms with van der Waals surface area (Å²) in [6.45, 7) is 0. The molecule has 0 aliphatic rings. The third-order valence-corrected chi connectivity index (χ3v) is 5.02. The first-order chi connectivity index (χ1) is 16.5. The van der Waals surface area contributed by atoms with Gasteiger partial charge in [0, 0.05) is 23.1 Å². The third kappa shape index (κ3) is 3.77. The number of aromatic amines is 1. The predicted molar refractivity (Wildman–Crippen MR) is 122 cm³/mol. The summed E-state index contributed by atoms with van der Waals surface area (Å²) in [7, 11) is 0. The van der Waals surface area contributed by atoms with Gasteiger partial charge in [-0.15, -0.1) is 15.3 Å². The molecule has 0 spiro atoms. The van der Waals surface area contributed by atoms with Crippen LogP contribution >= 0.6 is 0 Å². The maximum Gasteiger partial charge on any atom is 0.335 e. The Morgan fingerprint density at radius 1 is 1.03 bits per heavy atom. The number of hydrogen-bond acceptors (Lipinski definition) is 7. The maximum absolute atomic E-state index is 12.8. The molecule has 11 nitrogen and oxygen atoms in total. The van der Waals surface area contributed by atoms with Gasteiger partial charge in [0.25, 0.3) is 5.69 Å². The Kier molecular flexibility index (Phi) is 5.11. The number of nitrogens with one attached hydrogen (secondary N) is 1. The molecule has 0 atom stereocenters. The number of para-hydroxylation sites is 1. The van der Waals surface area contributed by atoms with Gasteiger partial charge >= 0.3 is 5.91 Å². The number of hydrogen-bond donors (Lipinski definition) is 2. The fraction of sp³-hybridized carbons (Fsp3) is 0. The van der Waals surface area contributed by atoms with Gasteiger partial charge < -0.3 is 10.1 Å². The minimum absolute atomic E-state index is 0.0992. The van der Waals surface area contributed by atoms with E-state index < -0.39 is 10.8 Å². The molecule has 34 heavy (non-hydrogen) atoms. The Morgan fingerprint density at radius 3 is 2.44 bits per heavy atom. The highest BCUT2D eigenvalue weighted by molar-refractivity contribution is 5.96. The van der Waals surface area contributed by atoms with Crippen molar-refractivity contribution in [3.63, 3.8) is 0 Å². The van der Waals surface area contributed by atoms with Gasteiger partial charge in [0.2, 0.25) is 11.7 Å². The smallest absolute Gasteiger partial charge is 0.335 e. The summed E-state index contributed by atoms with van der Waals surface area (Å²) in [6.07, 6.45) is 0. The quantitative estimate of drug-likeness (QED) is 0.218. The number of amides is 1. The molecule has 0 fully saturated rings. The molecule has 0 aliphatic carbocycles. The summed E-state index contributed by atoms with van der Waals surface area (Å²) in [4.78, 5) is 30.3. The van der Waals surface area contributed by atoms with E-state index in [1.807, 2.05) is 60.7 Å². The van der Waals surface area contributed by atoms with Crippen molar-refractivity contribution < 1.29 is 14.8 Å². The molecule has 1 amide bonds. The second kappa shape index (κ2) is 8.39. The first kappa shape index (κ1) is 20.7. The lowest BCUT2D eigenvalue weighted by Crippen LogP contribution is -2.01. The molecule has 2 N–H and O–H groups in total. The number of azo groups is 1. The molecule has 5 aromatic rings. The van der Waals surface area contributed by atoms with Gasteiger partial charge in [-0.25, -0.2) is 9.67 Å². The average Bonchev–Trinajstić information content (AvgIpc) is 3.44. The summed E-state index contributed by atoms with van der Waals surface area (Å²) in [6, 6.07) is 22.4. The van der Waals surface area contributed by atoms with E-state index in [-0.39, 0.29) is 28.5 Å². The van der Waals surface area contributed by atoms with Crippen LogP contribution in [0.3, 0.4) is 0 Å². The van der Waals surface area contributed by atoms with Gasteiger partial charge in [-0.05, 0) is 18.2 Å². The Balaban J connectivity index is 1.54. The highest BCUT2D eigenvalue weighted by atomic mass is 16.6. The van der Waals surface area contributed by atoms with Crippen molar-refractivity contribution in [1.82, 2.24) is 19.7 Å². The number of aromatic nitrogens is 4. The normalized spacial score (nSPS) is 11.3. The van der Waals surface area contributed by atoms with Gasteiger partial charge in [-0.2, -0.15) is 0 Å². The van der Waals surface area contributed by atoms with E-state index in [0.717, 1.165) is 5.56 Å². The lowest BCUT2D eigenvalue weighted by atomic mass is 10.2. The van der Waals surface area contributed by atoms with Crippen LogP contribution < -0.4 is 0 Å². The second-order valence-corrected chi connectivity index (χ2v) is 7.19. The van der Waals surface area contributed by atoms with Crippen LogP contribution in [-0.4, -0.2) is 35.7 Å². The van der Waals surface area contributed by atoms with E-state index in [2.05, 4.69) is 25.3 Å². The van der Waals surface area contributed by atoms with Crippen molar-refractivity contribution >= 4 is 28.2 Å². The second-order valence-electron chi connectivity index (χ2n) is 7.19. The van der Waals surface area contributed by atoms with Crippen molar-refractivity contribution in [2.75, 3.05) is 0 Å². The van der Waals surface area contributed by atoms with Crippen molar-refractivity contribution in [3.8, 4) is 23.0 Å². The number of carbonyl (C=O) groups is 1. The molecule has 2 heterocycles. The van der Waals surface area contributed by atoms with Gasteiger partial charge in [0.1, 0.15) is 0 Å². The first-order valence-corrected chi connectivity index (χ1v) is 10.0. The molecule has 0 unspecified atom stereocenters. The number of non-ortho nitro benzene ring substituents is 1. The number of rotatable bonds is 5. The zero-order chi connectivity index (χ0) is 23.7. The van der Waals surface area contributed by atoms with Gasteiger partial charge in [0.05, 0.1) is 16.1 Å². The minimum Gasteiger partial charge on any atom is -0.493 e. The van der Waals surface area contributed by atoms with Crippen LogP contribution in [0.1, 0.15) is 10.6 Å². The van der Waals surface area contributed by atoms with E-state index in [9.17, 15) is 20.0 Å². The molecule has 0 aliphatic heterocycles. The zero-order valence-corrected chi connectivity index (χ0v) is 17.4. The molecule has 3 aromatic carbocycles. The molecular weight excluding hydrogens is 438 g/mol. The largest absolute Gasteiger partial charge is 0.493 e. The highest BCUT2D eigenvalue weighted by Gasteiger charge is 2.20. The number of H-pyrrole nitrogens is 1. The summed E-state index contributed by atoms with van der Waals surface area (Å²) in [5.41, 5.74) is 1.56. The Bertz CT molecular complexity index is 1500. The SMILES string of the molecule is O=C(N=Nc1c(O)[nH]c2ccc([N+](=O)[O-])cc12)c1nc(-c2ccccc2)n(-c2ccccc2)n1. The Morgan fingerprint density at radius 2 is 1.74 bits per heavy atom. The predicted octanol–water partition coefficient (Wildman–Crippen LogP) is 4.95. The van der Waals surface area contributed by atoms with Crippen molar-refractivity contribution in [2.45, 2.75) is 0 Å². The fourth-order valence-corrected chi connectivity index (χ4v) is 3.43. The van der Waals surface area contributed by atoms with Crippen LogP contribution in [0, 0.1) is 10.1 Å². The average molecular weight is 453 g/mol. The molecule has 11 heteroatoms. The Hall–Kier alpha value is -5.19. The van der Waals surface area contributed by atoms with Crippen LogP contribution in [0.2, 0.25) is 0 Å². The highest BCUT2D eigenvalue weighted by Crippen LogP contribution is 2.37. The van der Waals surface area contributed by atoms with Crippen molar-refractivity contribution in [3.05, 3.63) is 94.8 Å². The number of aromatic hydroxyl groups is 1. The van der Waals surface area contributed by atoms with Crippen molar-refractivity contribution in [2.24, 2.45) is 10.2 Å². The number of fused-ring (bicyclic) bond motifs is 1. The van der Waals surface area contributed by atoms with Crippen LogP contribution in [0.4, 0.5) is 11.4 Å². The summed E-state index contributed by atoms with van der Waals surface area (Å²) in [5.74, 6) is -0.974. The summed E-state index contributed by atoms with van der Waals surface area (Å²) < 4.78 is 1.53. The maximum atomic E-state index is 12.8. The van der Waals surface area contributed by atoms with E-state index in [1.54, 1.807) is 0 Å². The zero-order valence-electron chi connectivity index (χ0n) is 17.4. The lowest BCUT2D eigenvalue weighted by Gasteiger charge is -2.05. The number of benzene rings is 3. The standard InChI is InChI=1S/C23H15N7O4/c31-22-19(17-13-16(30(33)34)11-12-18(17)24-22)26-27-23(32)20-25-21(14-7-3-1-4-8-14)29(28-20)15-9-5-2-6-10-15/h1-13,24,31H. The monoisotopic (exact) mass is 453 g/mol. The number of nitro groups is 1. The van der Waals surface area contributed by atoms with Crippen LogP contribution in [-0.2, 0) is 0 Å². The molecule has 2 aromatic heterocycles. The summed E-state index contributed by atoms with van der Waals surface area (Å²) >= 11 is 0. The fourth-order valence-electron chi connectivity index (χ4n) is 3.43. The topological polar surface area (TPSA) is 152 Å². The van der Waals surface area contributed by atoms with Crippen LogP contribution in [0.25, 0.3) is 28.0 Å². The first-order valence-electron chi connectivity index (χ1n) is 10.0. The molecule has 5 rings (SSSR count). The van der Waals surface area contributed by atoms with Crippen LogP contribution in [0.5, 0.6) is 5.88 Å². The molecule has 166 valence electrons. The lowest BCUT2D eigenvalue weighted by molar-refractivity contribution is -0.384. The number of nitrogens with zero attached hydrogens (tertiary/aromatic N) is 6. The van der Waals surface area contributed by atoms with E-state index in [1.165, 1.54) is 22.9 Å². The number of carbonyl (C=O) groups excluding carboxylic acids is 1. The third-order valence-electron chi connectivity index (χ3n) is 5.02. The van der Waals surface area contributed by atoms with E-state index in [4.69, 9.17) is 0 Å². The van der Waals surface area contributed by atoms with Gasteiger partial charge in [-0.1, -0.05) is 48.5 Å². The molecule has 0 saturated heterocycles. The summed E-state index contributed by atoms with van der Waals surface area (Å²) in [5, 5.41) is 33.3. The van der Waals surface area contributed by atoms with Gasteiger partial charge in [-0.3, -0.25) is 14.9 Å². The molecule has 0 radical (unpaired) electrons. The Labute approximate surface area is 191 Å². The van der Waals surface area contributed by atoms with E-state index in [0.29, 0.717) is 17.0 Å². The van der Waals surface area contributed by atoms with E-state index >= 15 is 0 Å². The molecule has 0 bridgehead atoms. The van der Waals surface area contributed by atoms with Crippen molar-refractivity contribution in [1.29, 1.82) is 0 Å². The molecular formula is C23H15N7O4. The number of nitro benzene ring substituents is 1. The molecule has 0 saturated carbocycles. The van der Waals surface area contributed by atoms with Crippen LogP contribution in [0.15, 0.2) is 89.1 Å². The minimum atomic E-state index is -0.842. The van der Waals surface area contributed by atoms with Gasteiger partial charge in [0.15, 0.2) is 11.5 Å².